The zero-order chi connectivity index (χ0) is 9.97. The zero-order valence-corrected chi connectivity index (χ0v) is 8.88. The van der Waals surface area contributed by atoms with Crippen LogP contribution in [0.2, 0.25) is 0 Å². The minimum atomic E-state index is 1.18. The molecular weight excluding hydrogens is 168 g/mol. The molecule has 1 aliphatic carbocycles. The van der Waals surface area contributed by atoms with Gasteiger partial charge in [-0.1, -0.05) is 36.4 Å². The number of hydrogen-bond acceptors (Lipinski definition) is 0. The number of allylic oxidation sites excluding steroid dienone is 4. The van der Waals surface area contributed by atoms with Crippen LogP contribution < -0.4 is 0 Å². The molecule has 1 aliphatic rings. The van der Waals surface area contributed by atoms with Crippen molar-refractivity contribution < 1.29 is 0 Å². The van der Waals surface area contributed by atoms with Gasteiger partial charge in [0.1, 0.15) is 0 Å². The molecule has 0 nitrogen and oxygen atoms in total. The van der Waals surface area contributed by atoms with E-state index in [1.807, 2.05) is 0 Å². The molecule has 0 N–H and O–H groups in total. The molecule has 0 saturated heterocycles. The van der Waals surface area contributed by atoms with E-state index in [0.717, 1.165) is 0 Å². The highest BCUT2D eigenvalue weighted by Gasteiger charge is 2.08. The molecule has 0 atom stereocenters. The Morgan fingerprint density at radius 1 is 0.929 bits per heavy atom. The van der Waals surface area contributed by atoms with E-state index in [9.17, 15) is 0 Å². The van der Waals surface area contributed by atoms with Gasteiger partial charge in [0.2, 0.25) is 0 Å². The maximum absolute atomic E-state index is 2.36. The summed E-state index contributed by atoms with van der Waals surface area (Å²) >= 11 is 0. The maximum Gasteiger partial charge on any atom is -0.0155 e. The normalized spacial score (nSPS) is 16.1. The molecule has 14 heavy (non-hydrogen) atoms. The molecule has 0 aliphatic heterocycles. The van der Waals surface area contributed by atoms with Crippen LogP contribution in [0.5, 0.6) is 0 Å². The van der Waals surface area contributed by atoms with Crippen molar-refractivity contribution in [3.8, 4) is 0 Å². The summed E-state index contributed by atoms with van der Waals surface area (Å²) < 4.78 is 0. The third-order valence-electron chi connectivity index (χ3n) is 2.83. The summed E-state index contributed by atoms with van der Waals surface area (Å²) in [6, 6.07) is 8.61. The van der Waals surface area contributed by atoms with Gasteiger partial charge in [-0.2, -0.15) is 0 Å². The van der Waals surface area contributed by atoms with Gasteiger partial charge in [0.05, 0.1) is 0 Å². The van der Waals surface area contributed by atoms with Crippen LogP contribution in [0.25, 0.3) is 5.57 Å². The van der Waals surface area contributed by atoms with E-state index in [2.05, 4.69) is 50.3 Å². The lowest BCUT2D eigenvalue weighted by molar-refractivity contribution is 1.02. The lowest BCUT2D eigenvalue weighted by Crippen LogP contribution is -1.94. The summed E-state index contributed by atoms with van der Waals surface area (Å²) in [4.78, 5) is 0. The van der Waals surface area contributed by atoms with Gasteiger partial charge < -0.3 is 0 Å². The van der Waals surface area contributed by atoms with Crippen molar-refractivity contribution in [2.45, 2.75) is 26.7 Å². The summed E-state index contributed by atoms with van der Waals surface area (Å²) in [6.45, 7) is 4.38. The third kappa shape index (κ3) is 1.65. The molecule has 0 fully saturated rings. The summed E-state index contributed by atoms with van der Waals surface area (Å²) in [6.07, 6.45) is 7.07. The van der Waals surface area contributed by atoms with Crippen LogP contribution in [0.3, 0.4) is 0 Å². The Morgan fingerprint density at radius 3 is 2.36 bits per heavy atom. The second kappa shape index (κ2) is 3.83. The fourth-order valence-electron chi connectivity index (χ4n) is 2.00. The highest BCUT2D eigenvalue weighted by molar-refractivity contribution is 5.80. The Kier molecular flexibility index (Phi) is 2.53. The van der Waals surface area contributed by atoms with Gasteiger partial charge in [-0.3, -0.25) is 0 Å². The van der Waals surface area contributed by atoms with Gasteiger partial charge in [-0.05, 0) is 49.0 Å². The van der Waals surface area contributed by atoms with Crippen LogP contribution in [0.1, 0.15) is 30.9 Å². The van der Waals surface area contributed by atoms with Crippen LogP contribution in [0.15, 0.2) is 42.0 Å². The molecule has 72 valence electrons. The molecular formula is C14H16. The minimum absolute atomic E-state index is 1.18. The van der Waals surface area contributed by atoms with Crippen LogP contribution in [0, 0.1) is 6.92 Å². The lowest BCUT2D eigenvalue weighted by atomic mass is 9.90. The summed E-state index contributed by atoms with van der Waals surface area (Å²) in [7, 11) is 0. The van der Waals surface area contributed by atoms with E-state index < -0.39 is 0 Å². The van der Waals surface area contributed by atoms with Crippen molar-refractivity contribution in [2.24, 2.45) is 0 Å². The van der Waals surface area contributed by atoms with Gasteiger partial charge in [0, 0.05) is 0 Å². The number of benzene rings is 1. The van der Waals surface area contributed by atoms with E-state index >= 15 is 0 Å². The summed E-state index contributed by atoms with van der Waals surface area (Å²) in [5.74, 6) is 0. The van der Waals surface area contributed by atoms with E-state index in [4.69, 9.17) is 0 Å². The standard InChI is InChI=1S/C14H16/c1-11-7-3-5-9-13(11)14-10-6-4-8-12(14)2/h3,5,7-10H,4,6H2,1-2H3. The lowest BCUT2D eigenvalue weighted by Gasteiger charge is -2.14. The first-order chi connectivity index (χ1) is 6.79. The smallest absolute Gasteiger partial charge is 0.0155 e. The van der Waals surface area contributed by atoms with Crippen molar-refractivity contribution in [1.29, 1.82) is 0 Å². The predicted molar refractivity (Wildman–Crippen MR) is 62.1 cm³/mol. The minimum Gasteiger partial charge on any atom is -0.0807 e. The topological polar surface area (TPSA) is 0 Å². The number of hydrogen-bond donors (Lipinski definition) is 0. The molecule has 0 aromatic heterocycles. The molecule has 0 bridgehead atoms. The average Bonchev–Trinajstić information content (AvgIpc) is 2.20. The first-order valence-corrected chi connectivity index (χ1v) is 5.22. The molecule has 0 radical (unpaired) electrons. The van der Waals surface area contributed by atoms with Crippen LogP contribution >= 0.6 is 0 Å². The molecule has 1 aromatic carbocycles. The largest absolute Gasteiger partial charge is 0.0807 e. The molecule has 1 aromatic rings. The molecule has 0 amide bonds. The van der Waals surface area contributed by atoms with Gasteiger partial charge in [-0.25, -0.2) is 0 Å². The Labute approximate surface area is 86.0 Å². The van der Waals surface area contributed by atoms with Crippen molar-refractivity contribution in [3.63, 3.8) is 0 Å². The van der Waals surface area contributed by atoms with Crippen molar-refractivity contribution in [1.82, 2.24) is 0 Å². The third-order valence-corrected chi connectivity index (χ3v) is 2.83. The highest BCUT2D eigenvalue weighted by atomic mass is 14.1. The second-order valence-electron chi connectivity index (χ2n) is 3.90. The average molecular weight is 184 g/mol. The summed E-state index contributed by atoms with van der Waals surface area (Å²) in [5.41, 5.74) is 5.61. The van der Waals surface area contributed by atoms with E-state index in [0.29, 0.717) is 0 Å². The number of rotatable bonds is 1. The Balaban J connectivity index is 2.45. The van der Waals surface area contributed by atoms with Gasteiger partial charge >= 0.3 is 0 Å². The molecule has 0 spiro atoms. The predicted octanol–water partition coefficient (Wildman–Crippen LogP) is 4.12. The van der Waals surface area contributed by atoms with Crippen molar-refractivity contribution in [3.05, 3.63) is 53.1 Å². The maximum atomic E-state index is 2.36. The van der Waals surface area contributed by atoms with Crippen molar-refractivity contribution in [2.75, 3.05) is 0 Å². The number of aryl methyl sites for hydroxylation is 1. The van der Waals surface area contributed by atoms with Crippen LogP contribution in [-0.2, 0) is 0 Å². The molecule has 0 heterocycles. The van der Waals surface area contributed by atoms with E-state index in [1.54, 1.807) is 0 Å². The van der Waals surface area contributed by atoms with Crippen LogP contribution in [0.4, 0.5) is 0 Å². The van der Waals surface area contributed by atoms with Gasteiger partial charge in [0.25, 0.3) is 0 Å². The van der Waals surface area contributed by atoms with Crippen molar-refractivity contribution >= 4 is 5.57 Å². The SMILES string of the molecule is CC1=CCCC=C1c1ccccc1C. The molecule has 0 heteroatoms. The quantitative estimate of drug-likeness (QED) is 0.616. The first kappa shape index (κ1) is 9.26. The van der Waals surface area contributed by atoms with E-state index in [1.165, 1.54) is 35.1 Å². The second-order valence-corrected chi connectivity index (χ2v) is 3.90. The Hall–Kier alpha value is -1.30. The Bertz CT molecular complexity index is 394. The molecule has 0 unspecified atom stereocenters. The fraction of sp³-hybridized carbons (Fsp3) is 0.286. The van der Waals surface area contributed by atoms with Gasteiger partial charge in [-0.15, -0.1) is 0 Å². The van der Waals surface area contributed by atoms with Crippen LogP contribution in [-0.4, -0.2) is 0 Å². The monoisotopic (exact) mass is 184 g/mol. The van der Waals surface area contributed by atoms with E-state index in [-0.39, 0.29) is 0 Å². The zero-order valence-electron chi connectivity index (χ0n) is 8.88. The first-order valence-electron chi connectivity index (χ1n) is 5.22. The van der Waals surface area contributed by atoms with Gasteiger partial charge in [0.15, 0.2) is 0 Å². The fourth-order valence-corrected chi connectivity index (χ4v) is 2.00. The Morgan fingerprint density at radius 2 is 1.64 bits per heavy atom. The molecule has 0 saturated carbocycles. The molecule has 2 rings (SSSR count). The highest BCUT2D eigenvalue weighted by Crippen LogP contribution is 2.29. The summed E-state index contributed by atoms with van der Waals surface area (Å²) in [5, 5.41) is 0.